The number of carbonyl (C=O) groups excluding carboxylic acids is 1. The van der Waals surface area contributed by atoms with Crippen molar-refractivity contribution < 1.29 is 14.6 Å². The van der Waals surface area contributed by atoms with Crippen molar-refractivity contribution in [1.82, 2.24) is 5.32 Å². The number of phenols is 1. The third kappa shape index (κ3) is 5.30. The Morgan fingerprint density at radius 2 is 1.86 bits per heavy atom. The number of aryl methyl sites for hydroxylation is 1. The molecule has 2 N–H and O–H groups in total. The lowest BCUT2D eigenvalue weighted by Gasteiger charge is -2.08. The minimum absolute atomic E-state index is 0.0667. The van der Waals surface area contributed by atoms with E-state index in [0.717, 1.165) is 5.56 Å². The standard InChI is InChI=1S/C17H18ClNO3/c18-14-6-8-15(9-7-14)22-12-11-19-17(21)10-5-13-3-1-2-4-16(13)20/h1-4,6-9,20H,5,10-12H2,(H,19,21). The summed E-state index contributed by atoms with van der Waals surface area (Å²) in [4.78, 5) is 11.7. The molecule has 1 amide bonds. The Morgan fingerprint density at radius 1 is 1.14 bits per heavy atom. The Morgan fingerprint density at radius 3 is 2.59 bits per heavy atom. The van der Waals surface area contributed by atoms with Crippen molar-refractivity contribution in [3.05, 3.63) is 59.1 Å². The molecule has 0 radical (unpaired) electrons. The lowest BCUT2D eigenvalue weighted by atomic mass is 10.1. The fourth-order valence-electron chi connectivity index (χ4n) is 1.95. The van der Waals surface area contributed by atoms with Gasteiger partial charge in [-0.2, -0.15) is 0 Å². The van der Waals surface area contributed by atoms with Gasteiger partial charge in [-0.15, -0.1) is 0 Å². The summed E-state index contributed by atoms with van der Waals surface area (Å²) in [5, 5.41) is 13.1. The summed E-state index contributed by atoms with van der Waals surface area (Å²) >= 11 is 5.78. The van der Waals surface area contributed by atoms with E-state index in [0.29, 0.717) is 36.8 Å². The van der Waals surface area contributed by atoms with Crippen LogP contribution in [0.2, 0.25) is 5.02 Å². The predicted octanol–water partition coefficient (Wildman–Crippen LogP) is 3.17. The first-order chi connectivity index (χ1) is 10.6. The first-order valence-electron chi connectivity index (χ1n) is 7.07. The second-order valence-electron chi connectivity index (χ2n) is 4.78. The third-order valence-corrected chi connectivity index (χ3v) is 3.37. The lowest BCUT2D eigenvalue weighted by molar-refractivity contribution is -0.121. The van der Waals surface area contributed by atoms with Crippen LogP contribution in [-0.2, 0) is 11.2 Å². The molecule has 4 nitrogen and oxygen atoms in total. The van der Waals surface area contributed by atoms with Crippen LogP contribution < -0.4 is 10.1 Å². The Balaban J connectivity index is 1.64. The lowest BCUT2D eigenvalue weighted by Crippen LogP contribution is -2.28. The molecule has 2 rings (SSSR count). The normalized spacial score (nSPS) is 10.2. The molecule has 0 bridgehead atoms. The fourth-order valence-corrected chi connectivity index (χ4v) is 2.07. The average Bonchev–Trinajstić information content (AvgIpc) is 2.52. The van der Waals surface area contributed by atoms with Gasteiger partial charge in [0, 0.05) is 11.4 Å². The van der Waals surface area contributed by atoms with Crippen molar-refractivity contribution in [2.45, 2.75) is 12.8 Å². The van der Waals surface area contributed by atoms with E-state index in [1.807, 2.05) is 12.1 Å². The smallest absolute Gasteiger partial charge is 0.220 e. The van der Waals surface area contributed by atoms with Crippen LogP contribution in [0.25, 0.3) is 0 Å². The summed E-state index contributed by atoms with van der Waals surface area (Å²) in [6.07, 6.45) is 0.842. The van der Waals surface area contributed by atoms with Crippen molar-refractivity contribution in [3.63, 3.8) is 0 Å². The van der Waals surface area contributed by atoms with E-state index >= 15 is 0 Å². The molecular weight excluding hydrogens is 302 g/mol. The topological polar surface area (TPSA) is 58.6 Å². The largest absolute Gasteiger partial charge is 0.508 e. The molecular formula is C17H18ClNO3. The highest BCUT2D eigenvalue weighted by Crippen LogP contribution is 2.17. The second kappa shape index (κ2) is 8.29. The number of rotatable bonds is 7. The van der Waals surface area contributed by atoms with Crippen molar-refractivity contribution in [1.29, 1.82) is 0 Å². The molecule has 0 heterocycles. The molecule has 0 aliphatic carbocycles. The minimum Gasteiger partial charge on any atom is -0.508 e. The Bertz CT molecular complexity index is 614. The number of hydrogen-bond donors (Lipinski definition) is 2. The van der Waals surface area contributed by atoms with Crippen LogP contribution in [0.1, 0.15) is 12.0 Å². The molecule has 5 heteroatoms. The maximum absolute atomic E-state index is 11.7. The van der Waals surface area contributed by atoms with Crippen LogP contribution in [-0.4, -0.2) is 24.2 Å². The van der Waals surface area contributed by atoms with Crippen molar-refractivity contribution in [2.75, 3.05) is 13.2 Å². The van der Waals surface area contributed by atoms with E-state index in [-0.39, 0.29) is 11.7 Å². The number of amides is 1. The number of aromatic hydroxyl groups is 1. The van der Waals surface area contributed by atoms with E-state index in [4.69, 9.17) is 16.3 Å². The molecule has 2 aromatic carbocycles. The molecule has 116 valence electrons. The SMILES string of the molecule is O=C(CCc1ccccc1O)NCCOc1ccc(Cl)cc1. The number of benzene rings is 2. The van der Waals surface area contributed by atoms with Crippen LogP contribution in [0.15, 0.2) is 48.5 Å². The van der Waals surface area contributed by atoms with Gasteiger partial charge in [0.25, 0.3) is 0 Å². The van der Waals surface area contributed by atoms with Gasteiger partial charge in [-0.3, -0.25) is 4.79 Å². The van der Waals surface area contributed by atoms with E-state index in [2.05, 4.69) is 5.32 Å². The van der Waals surface area contributed by atoms with Crippen LogP contribution in [0, 0.1) is 0 Å². The number of ether oxygens (including phenoxy) is 1. The van der Waals surface area contributed by atoms with Crippen molar-refractivity contribution in [2.24, 2.45) is 0 Å². The fraction of sp³-hybridized carbons (Fsp3) is 0.235. The maximum Gasteiger partial charge on any atom is 0.220 e. The molecule has 0 aromatic heterocycles. The van der Waals surface area contributed by atoms with Crippen LogP contribution in [0.4, 0.5) is 0 Å². The van der Waals surface area contributed by atoms with E-state index in [9.17, 15) is 9.90 Å². The van der Waals surface area contributed by atoms with Gasteiger partial charge in [0.15, 0.2) is 0 Å². The summed E-state index contributed by atoms with van der Waals surface area (Å²) in [5.74, 6) is 0.872. The molecule has 0 atom stereocenters. The minimum atomic E-state index is -0.0667. The number of hydrogen-bond acceptors (Lipinski definition) is 3. The summed E-state index contributed by atoms with van der Waals surface area (Å²) in [5.41, 5.74) is 0.773. The predicted molar refractivity (Wildman–Crippen MR) is 86.4 cm³/mol. The van der Waals surface area contributed by atoms with Gasteiger partial charge in [-0.05, 0) is 42.3 Å². The van der Waals surface area contributed by atoms with E-state index in [1.165, 1.54) is 0 Å². The van der Waals surface area contributed by atoms with Gasteiger partial charge in [-0.25, -0.2) is 0 Å². The van der Waals surface area contributed by atoms with Gasteiger partial charge in [0.1, 0.15) is 18.1 Å². The zero-order valence-electron chi connectivity index (χ0n) is 12.1. The molecule has 22 heavy (non-hydrogen) atoms. The van der Waals surface area contributed by atoms with Crippen LogP contribution >= 0.6 is 11.6 Å². The molecule has 0 aliphatic heterocycles. The highest BCUT2D eigenvalue weighted by molar-refractivity contribution is 6.30. The molecule has 0 saturated carbocycles. The van der Waals surface area contributed by atoms with Gasteiger partial charge < -0.3 is 15.2 Å². The Kier molecular flexibility index (Phi) is 6.10. The quantitative estimate of drug-likeness (QED) is 0.771. The third-order valence-electron chi connectivity index (χ3n) is 3.12. The van der Waals surface area contributed by atoms with Crippen molar-refractivity contribution in [3.8, 4) is 11.5 Å². The summed E-state index contributed by atoms with van der Waals surface area (Å²) in [6, 6.07) is 14.1. The summed E-state index contributed by atoms with van der Waals surface area (Å²) in [7, 11) is 0. The Labute approximate surface area is 134 Å². The van der Waals surface area contributed by atoms with Crippen LogP contribution in [0.3, 0.4) is 0 Å². The second-order valence-corrected chi connectivity index (χ2v) is 5.22. The molecule has 0 spiro atoms. The first-order valence-corrected chi connectivity index (χ1v) is 7.45. The zero-order chi connectivity index (χ0) is 15.8. The number of nitrogens with one attached hydrogen (secondary N) is 1. The van der Waals surface area contributed by atoms with Gasteiger partial charge in [0.2, 0.25) is 5.91 Å². The number of para-hydroxylation sites is 1. The average molecular weight is 320 g/mol. The van der Waals surface area contributed by atoms with Gasteiger partial charge in [0.05, 0.1) is 6.54 Å². The van der Waals surface area contributed by atoms with Gasteiger partial charge >= 0.3 is 0 Å². The Hall–Kier alpha value is -2.20. The first kappa shape index (κ1) is 16.2. The number of halogens is 1. The highest BCUT2D eigenvalue weighted by Gasteiger charge is 2.05. The molecule has 2 aromatic rings. The van der Waals surface area contributed by atoms with Gasteiger partial charge in [-0.1, -0.05) is 29.8 Å². The monoisotopic (exact) mass is 319 g/mol. The number of phenolic OH excluding ortho intramolecular Hbond substituents is 1. The summed E-state index contributed by atoms with van der Waals surface area (Å²) in [6.45, 7) is 0.826. The van der Waals surface area contributed by atoms with E-state index in [1.54, 1.807) is 36.4 Å². The molecule has 0 saturated heterocycles. The van der Waals surface area contributed by atoms with Crippen LogP contribution in [0.5, 0.6) is 11.5 Å². The molecule has 0 aliphatic rings. The molecule has 0 fully saturated rings. The highest BCUT2D eigenvalue weighted by atomic mass is 35.5. The molecule has 0 unspecified atom stereocenters. The van der Waals surface area contributed by atoms with Crippen molar-refractivity contribution >= 4 is 17.5 Å². The maximum atomic E-state index is 11.7. The summed E-state index contributed by atoms with van der Waals surface area (Å²) < 4.78 is 5.48. The zero-order valence-corrected chi connectivity index (χ0v) is 12.8. The number of carbonyl (C=O) groups is 1. The van der Waals surface area contributed by atoms with E-state index < -0.39 is 0 Å².